The van der Waals surface area contributed by atoms with Crippen molar-refractivity contribution >= 4 is 22.5 Å². The topological polar surface area (TPSA) is 105 Å². The van der Waals surface area contributed by atoms with Gasteiger partial charge in [-0.15, -0.1) is 0 Å². The van der Waals surface area contributed by atoms with E-state index in [1.807, 2.05) is 11.0 Å². The number of fused-ring (bicyclic) bond motifs is 3. The van der Waals surface area contributed by atoms with E-state index >= 15 is 0 Å². The molecule has 0 saturated carbocycles. The van der Waals surface area contributed by atoms with E-state index < -0.39 is 18.1 Å². The van der Waals surface area contributed by atoms with Crippen molar-refractivity contribution in [1.29, 1.82) is 0 Å². The van der Waals surface area contributed by atoms with E-state index in [4.69, 9.17) is 14.5 Å². The van der Waals surface area contributed by atoms with E-state index in [0.29, 0.717) is 54.7 Å². The number of rotatable bonds is 5. The van der Waals surface area contributed by atoms with Crippen LogP contribution in [0.2, 0.25) is 0 Å². The van der Waals surface area contributed by atoms with Crippen LogP contribution in [0.5, 0.6) is 0 Å². The van der Waals surface area contributed by atoms with Gasteiger partial charge in [0.15, 0.2) is 11.5 Å². The first-order valence-electron chi connectivity index (χ1n) is 12.2. The van der Waals surface area contributed by atoms with Gasteiger partial charge >= 0.3 is 6.18 Å². The van der Waals surface area contributed by atoms with Crippen molar-refractivity contribution in [2.75, 3.05) is 49.4 Å². The standard InChI is InChI=1S/C23H28F3N7O3/c1-13(23(24,25)26)21-20-17(31-6-7-35-12-16(31)9-34)8-19(32-14-2-3-15(32)11-36-10-14)28-22(20)33(30-21)18-4-5-27-29-18/h4-5,8,13-16,34H,2-3,6-7,9-12H2,1H3,(H,27,29)/t13?,14?,15?,16-/m1/s1. The Labute approximate surface area is 205 Å². The van der Waals surface area contributed by atoms with E-state index in [-0.39, 0.29) is 31.0 Å². The number of aromatic nitrogens is 5. The number of halogens is 3. The van der Waals surface area contributed by atoms with Crippen LogP contribution in [0, 0.1) is 0 Å². The number of ether oxygens (including phenoxy) is 2. The van der Waals surface area contributed by atoms with Gasteiger partial charge in [0, 0.05) is 18.7 Å². The van der Waals surface area contributed by atoms with Gasteiger partial charge in [-0.05, 0) is 19.8 Å². The SMILES string of the molecule is CC(c1nn(-c2ccn[nH]2)c2nc(N3C4CCC3COC4)cc(N3CCOC[C@H]3CO)c12)C(F)(F)F. The minimum absolute atomic E-state index is 0.116. The maximum absolute atomic E-state index is 14.0. The average molecular weight is 508 g/mol. The lowest BCUT2D eigenvalue weighted by Crippen LogP contribution is -2.48. The molecule has 3 aliphatic heterocycles. The number of hydrogen-bond donors (Lipinski definition) is 2. The summed E-state index contributed by atoms with van der Waals surface area (Å²) < 4.78 is 54.8. The van der Waals surface area contributed by atoms with Gasteiger partial charge in [0.2, 0.25) is 0 Å². The summed E-state index contributed by atoms with van der Waals surface area (Å²) >= 11 is 0. The monoisotopic (exact) mass is 507 g/mol. The lowest BCUT2D eigenvalue weighted by molar-refractivity contribution is -0.146. The zero-order valence-electron chi connectivity index (χ0n) is 19.8. The third-order valence-electron chi connectivity index (χ3n) is 7.50. The van der Waals surface area contributed by atoms with Crippen molar-refractivity contribution in [2.45, 2.75) is 50.0 Å². The quantitative estimate of drug-likeness (QED) is 0.543. The van der Waals surface area contributed by atoms with E-state index in [1.165, 1.54) is 10.9 Å². The molecular weight excluding hydrogens is 479 g/mol. The zero-order valence-corrected chi connectivity index (χ0v) is 19.8. The number of nitrogens with one attached hydrogen (secondary N) is 1. The maximum Gasteiger partial charge on any atom is 0.397 e. The Balaban J connectivity index is 1.62. The third kappa shape index (κ3) is 3.80. The summed E-state index contributed by atoms with van der Waals surface area (Å²) in [6, 6.07) is 3.40. The van der Waals surface area contributed by atoms with Crippen LogP contribution >= 0.6 is 0 Å². The smallest absolute Gasteiger partial charge is 0.394 e. The summed E-state index contributed by atoms with van der Waals surface area (Å²) in [5.41, 5.74) is 0.765. The molecule has 6 heterocycles. The molecule has 10 nitrogen and oxygen atoms in total. The van der Waals surface area contributed by atoms with Gasteiger partial charge < -0.3 is 24.4 Å². The largest absolute Gasteiger partial charge is 0.397 e. The number of nitrogens with zero attached hydrogens (tertiary/aromatic N) is 6. The Kier molecular flexibility index (Phi) is 5.80. The Morgan fingerprint density at radius 2 is 1.97 bits per heavy atom. The van der Waals surface area contributed by atoms with Crippen LogP contribution in [0.15, 0.2) is 18.3 Å². The lowest BCUT2D eigenvalue weighted by Gasteiger charge is -2.39. The summed E-state index contributed by atoms with van der Waals surface area (Å²) in [6.45, 7) is 3.18. The van der Waals surface area contributed by atoms with Crippen LogP contribution in [0.1, 0.15) is 31.4 Å². The van der Waals surface area contributed by atoms with E-state index in [2.05, 4.69) is 20.2 Å². The third-order valence-corrected chi connectivity index (χ3v) is 7.50. The molecule has 13 heteroatoms. The predicted octanol–water partition coefficient (Wildman–Crippen LogP) is 2.37. The number of hydrogen-bond acceptors (Lipinski definition) is 8. The number of pyridine rings is 1. The second-order valence-electron chi connectivity index (χ2n) is 9.63. The lowest BCUT2D eigenvalue weighted by atomic mass is 10.0. The summed E-state index contributed by atoms with van der Waals surface area (Å²) in [4.78, 5) is 9.09. The van der Waals surface area contributed by atoms with Gasteiger partial charge in [-0.2, -0.15) is 28.1 Å². The molecule has 3 fully saturated rings. The van der Waals surface area contributed by atoms with Crippen LogP contribution in [0.25, 0.3) is 16.9 Å². The summed E-state index contributed by atoms with van der Waals surface area (Å²) in [6.07, 6.45) is -1.05. The minimum Gasteiger partial charge on any atom is -0.394 e. The molecule has 2 N–H and O–H groups in total. The maximum atomic E-state index is 14.0. The minimum atomic E-state index is -4.50. The van der Waals surface area contributed by atoms with Gasteiger partial charge in [-0.3, -0.25) is 5.10 Å². The highest BCUT2D eigenvalue weighted by atomic mass is 19.4. The van der Waals surface area contributed by atoms with Gasteiger partial charge in [-0.1, -0.05) is 0 Å². The Hall–Kier alpha value is -2.90. The molecule has 0 amide bonds. The molecule has 0 radical (unpaired) electrons. The number of H-pyrrole nitrogens is 1. The number of aliphatic hydroxyl groups is 1. The Morgan fingerprint density at radius 1 is 1.19 bits per heavy atom. The molecular formula is C23H28F3N7O3. The van der Waals surface area contributed by atoms with Crippen LogP contribution in [-0.4, -0.2) is 93.9 Å². The molecule has 0 aromatic carbocycles. The van der Waals surface area contributed by atoms with Crippen LogP contribution in [0.4, 0.5) is 24.7 Å². The summed E-state index contributed by atoms with van der Waals surface area (Å²) in [5.74, 6) is -0.742. The fourth-order valence-corrected chi connectivity index (χ4v) is 5.59. The molecule has 3 aliphatic rings. The molecule has 3 saturated heterocycles. The van der Waals surface area contributed by atoms with E-state index in [9.17, 15) is 18.3 Å². The first-order valence-corrected chi connectivity index (χ1v) is 12.2. The number of morpholine rings is 2. The van der Waals surface area contributed by atoms with Crippen molar-refractivity contribution in [1.82, 2.24) is 25.0 Å². The number of aromatic amines is 1. The average Bonchev–Trinajstić information content (AvgIpc) is 3.59. The zero-order chi connectivity index (χ0) is 25.0. The molecule has 4 atom stereocenters. The van der Waals surface area contributed by atoms with Crippen molar-refractivity contribution in [3.8, 4) is 5.82 Å². The molecule has 36 heavy (non-hydrogen) atoms. The van der Waals surface area contributed by atoms with Crippen molar-refractivity contribution < 1.29 is 27.8 Å². The molecule has 194 valence electrons. The molecule has 0 spiro atoms. The second-order valence-corrected chi connectivity index (χ2v) is 9.63. The number of aliphatic hydroxyl groups excluding tert-OH is 1. The fourth-order valence-electron chi connectivity index (χ4n) is 5.59. The highest BCUT2D eigenvalue weighted by Crippen LogP contribution is 2.44. The Morgan fingerprint density at radius 3 is 2.64 bits per heavy atom. The van der Waals surface area contributed by atoms with E-state index in [0.717, 1.165) is 19.8 Å². The van der Waals surface area contributed by atoms with Crippen LogP contribution < -0.4 is 9.80 Å². The number of alkyl halides is 3. The molecule has 3 aromatic rings. The normalized spacial score (nSPS) is 25.6. The van der Waals surface area contributed by atoms with E-state index in [1.54, 1.807) is 6.07 Å². The van der Waals surface area contributed by atoms with Gasteiger partial charge in [0.1, 0.15) is 5.82 Å². The molecule has 2 bridgehead atoms. The predicted molar refractivity (Wildman–Crippen MR) is 125 cm³/mol. The van der Waals surface area contributed by atoms with Crippen LogP contribution in [-0.2, 0) is 9.47 Å². The summed E-state index contributed by atoms with van der Waals surface area (Å²) in [7, 11) is 0. The summed E-state index contributed by atoms with van der Waals surface area (Å²) in [5, 5.41) is 21.6. The van der Waals surface area contributed by atoms with Gasteiger partial charge in [0.25, 0.3) is 0 Å². The Bertz CT molecular complexity index is 1220. The van der Waals surface area contributed by atoms with Gasteiger partial charge in [-0.25, -0.2) is 4.98 Å². The first kappa shape index (κ1) is 23.5. The van der Waals surface area contributed by atoms with Crippen molar-refractivity contribution in [3.63, 3.8) is 0 Å². The van der Waals surface area contributed by atoms with Crippen molar-refractivity contribution in [2.24, 2.45) is 0 Å². The second kappa shape index (κ2) is 8.89. The molecule has 6 rings (SSSR count). The highest BCUT2D eigenvalue weighted by Gasteiger charge is 2.43. The van der Waals surface area contributed by atoms with Crippen LogP contribution in [0.3, 0.4) is 0 Å². The fraction of sp³-hybridized carbons (Fsp3) is 0.609. The molecule has 3 unspecified atom stereocenters. The van der Waals surface area contributed by atoms with Crippen molar-refractivity contribution in [3.05, 3.63) is 24.0 Å². The molecule has 3 aromatic heterocycles. The first-order chi connectivity index (χ1) is 17.4. The number of anilines is 2. The highest BCUT2D eigenvalue weighted by molar-refractivity contribution is 5.95. The molecule has 0 aliphatic carbocycles. The van der Waals surface area contributed by atoms with Gasteiger partial charge in [0.05, 0.1) is 80.0 Å².